The summed E-state index contributed by atoms with van der Waals surface area (Å²) in [5, 5.41) is 29.5. The number of hydrogen-bond donors (Lipinski definition) is 2. The molecule has 2 aromatic carbocycles. The Morgan fingerprint density at radius 3 is 2.72 bits per heavy atom. The number of carbonyl (C=O) groups excluding carboxylic acids is 2. The Kier molecular flexibility index (Phi) is 5.72. The van der Waals surface area contributed by atoms with E-state index in [1.54, 1.807) is 0 Å². The van der Waals surface area contributed by atoms with Crippen molar-refractivity contribution in [3.8, 4) is 11.5 Å². The second-order valence-corrected chi connectivity index (χ2v) is 6.30. The van der Waals surface area contributed by atoms with Crippen LogP contribution in [0.5, 0.6) is 11.5 Å². The van der Waals surface area contributed by atoms with Gasteiger partial charge in [-0.2, -0.15) is 5.10 Å². The van der Waals surface area contributed by atoms with E-state index in [1.807, 2.05) is 30.3 Å². The van der Waals surface area contributed by atoms with Crippen molar-refractivity contribution in [1.82, 2.24) is 10.7 Å². The number of nitro benzene ring substituents is 1. The van der Waals surface area contributed by atoms with Gasteiger partial charge in [-0.25, -0.2) is 5.43 Å². The van der Waals surface area contributed by atoms with E-state index in [0.717, 1.165) is 23.9 Å². The van der Waals surface area contributed by atoms with Gasteiger partial charge in [-0.1, -0.05) is 36.1 Å². The summed E-state index contributed by atoms with van der Waals surface area (Å²) in [7, 11) is 1.21. The lowest BCUT2D eigenvalue weighted by Crippen LogP contribution is -2.34. The minimum atomic E-state index is -0.985. The van der Waals surface area contributed by atoms with E-state index in [4.69, 9.17) is 4.74 Å². The number of methoxy groups -OCH3 is 1. The van der Waals surface area contributed by atoms with Gasteiger partial charge < -0.3 is 15.2 Å². The molecule has 0 spiro atoms. The Hall–Kier alpha value is -3.95. The van der Waals surface area contributed by atoms with E-state index in [0.29, 0.717) is 6.54 Å². The highest BCUT2D eigenvalue weighted by atomic mass is 16.6. The number of hydrogen-bond acceptors (Lipinski definition) is 7. The smallest absolute Gasteiger partial charge is 0.273 e. The van der Waals surface area contributed by atoms with Crippen LogP contribution in [0, 0.1) is 16.0 Å². The molecule has 2 aromatic rings. The first-order valence-electron chi connectivity index (χ1n) is 8.61. The second-order valence-electron chi connectivity index (χ2n) is 6.30. The summed E-state index contributed by atoms with van der Waals surface area (Å²) in [6, 6.07) is 11.1. The van der Waals surface area contributed by atoms with Crippen LogP contribution in [0.2, 0.25) is 0 Å². The zero-order chi connectivity index (χ0) is 21.0. The number of ether oxygens (including phenoxy) is 1. The maximum atomic E-state index is 12.5. The molecule has 29 heavy (non-hydrogen) atoms. The average Bonchev–Trinajstić information content (AvgIpc) is 3.11. The molecule has 1 heterocycles. The molecule has 0 bridgehead atoms. The van der Waals surface area contributed by atoms with Gasteiger partial charge in [-0.3, -0.25) is 19.7 Å². The number of benzene rings is 2. The van der Waals surface area contributed by atoms with Crippen molar-refractivity contribution in [1.29, 1.82) is 0 Å². The molecule has 150 valence electrons. The number of nitrogens with zero attached hydrogens (tertiary/aromatic N) is 2. The summed E-state index contributed by atoms with van der Waals surface area (Å²) in [6.45, 7) is 0.317. The van der Waals surface area contributed by atoms with Crippen molar-refractivity contribution in [2.45, 2.75) is 5.92 Å². The van der Waals surface area contributed by atoms with Crippen molar-refractivity contribution in [3.63, 3.8) is 0 Å². The zero-order valence-electron chi connectivity index (χ0n) is 15.3. The summed E-state index contributed by atoms with van der Waals surface area (Å²) < 4.78 is 4.84. The number of non-ortho nitro benzene ring substituents is 1. The molecule has 0 unspecified atom stereocenters. The summed E-state index contributed by atoms with van der Waals surface area (Å²) >= 11 is 0. The van der Waals surface area contributed by atoms with Crippen molar-refractivity contribution in [3.05, 3.63) is 63.7 Å². The van der Waals surface area contributed by atoms with Gasteiger partial charge in [0.25, 0.3) is 11.6 Å². The number of amides is 2. The van der Waals surface area contributed by atoms with Crippen LogP contribution in [-0.2, 0) is 9.59 Å². The fourth-order valence-electron chi connectivity index (χ4n) is 3.13. The first kappa shape index (κ1) is 19.8. The van der Waals surface area contributed by atoms with Crippen LogP contribution in [0.4, 0.5) is 5.69 Å². The highest BCUT2D eigenvalue weighted by Gasteiger charge is 2.40. The number of nitro groups is 1. The molecule has 2 amide bonds. The van der Waals surface area contributed by atoms with Crippen LogP contribution in [-0.4, -0.2) is 36.6 Å². The molecule has 10 nitrogen and oxygen atoms in total. The molecule has 10 heteroatoms. The third kappa shape index (κ3) is 4.15. The van der Waals surface area contributed by atoms with Crippen LogP contribution < -0.4 is 20.6 Å². The average molecular weight is 397 g/mol. The fraction of sp³-hybridized carbons (Fsp3) is 0.211. The molecule has 0 aromatic heterocycles. The minimum absolute atomic E-state index is 0.133. The molecule has 0 saturated carbocycles. The molecule has 1 aliphatic heterocycles. The summed E-state index contributed by atoms with van der Waals surface area (Å²) in [6.07, 6.45) is 0.986. The lowest BCUT2D eigenvalue weighted by molar-refractivity contribution is -0.385. The number of rotatable bonds is 6. The van der Waals surface area contributed by atoms with Gasteiger partial charge in [0.05, 0.1) is 24.3 Å². The molecule has 2 atom stereocenters. The third-order valence-electron chi connectivity index (χ3n) is 4.57. The molecular formula is C19H17N4O6-. The largest absolute Gasteiger partial charge is 0.870 e. The van der Waals surface area contributed by atoms with Crippen LogP contribution >= 0.6 is 0 Å². The number of carbonyl (C=O) groups is 2. The molecule has 3 rings (SSSR count). The minimum Gasteiger partial charge on any atom is -0.870 e. The van der Waals surface area contributed by atoms with Crippen molar-refractivity contribution in [2.75, 3.05) is 13.7 Å². The van der Waals surface area contributed by atoms with Gasteiger partial charge in [-0.05, 0) is 11.1 Å². The second kappa shape index (κ2) is 8.38. The maximum Gasteiger partial charge on any atom is 0.273 e. The predicted molar refractivity (Wildman–Crippen MR) is 101 cm³/mol. The highest BCUT2D eigenvalue weighted by molar-refractivity contribution is 6.03. The Morgan fingerprint density at radius 2 is 2.07 bits per heavy atom. The number of hydrazone groups is 1. The molecule has 1 fully saturated rings. The summed E-state index contributed by atoms with van der Waals surface area (Å²) in [5.74, 6) is -3.24. The van der Waals surface area contributed by atoms with Crippen LogP contribution in [0.3, 0.4) is 0 Å². The van der Waals surface area contributed by atoms with Gasteiger partial charge in [-0.15, -0.1) is 0 Å². The highest BCUT2D eigenvalue weighted by Crippen LogP contribution is 2.31. The fourth-order valence-corrected chi connectivity index (χ4v) is 3.13. The van der Waals surface area contributed by atoms with E-state index in [2.05, 4.69) is 15.8 Å². The van der Waals surface area contributed by atoms with Crippen molar-refractivity contribution < 1.29 is 24.4 Å². The monoisotopic (exact) mass is 397 g/mol. The third-order valence-corrected chi connectivity index (χ3v) is 4.57. The predicted octanol–water partition coefficient (Wildman–Crippen LogP) is 0.657. The Balaban J connectivity index is 1.78. The molecular weight excluding hydrogens is 380 g/mol. The normalized spacial score (nSPS) is 18.4. The van der Waals surface area contributed by atoms with Gasteiger partial charge >= 0.3 is 0 Å². The lowest BCUT2D eigenvalue weighted by Gasteiger charge is -2.16. The quantitative estimate of drug-likeness (QED) is 0.317. The molecule has 0 radical (unpaired) electrons. The van der Waals surface area contributed by atoms with E-state index >= 15 is 0 Å². The van der Waals surface area contributed by atoms with Crippen LogP contribution in [0.1, 0.15) is 17.0 Å². The standard InChI is InChI=1S/C19H18N4O6/c1-29-15-8-13(23(27)28)7-12(17(15)24)9-21-22-19(26)16-14(10-20-18(16)25)11-5-3-2-4-6-11/h2-9,14,16,24H,10H2,1H3,(H,20,25)(H,22,26)/p-1/t14-,16-/m1/s1. The molecule has 0 aliphatic carbocycles. The zero-order valence-corrected chi connectivity index (χ0v) is 15.3. The van der Waals surface area contributed by atoms with E-state index in [-0.39, 0.29) is 22.9 Å². The molecule has 2 N–H and O–H groups in total. The lowest BCUT2D eigenvalue weighted by atomic mass is 9.88. The molecule has 1 aliphatic rings. The Labute approximate surface area is 165 Å². The van der Waals surface area contributed by atoms with E-state index in [9.17, 15) is 24.8 Å². The SMILES string of the molecule is COc1cc([N+](=O)[O-])cc(C=NNC(=O)[C@H]2C(=O)NC[C@@H]2c2ccccc2)c1[O-]. The first-order chi connectivity index (χ1) is 13.9. The van der Waals surface area contributed by atoms with Gasteiger partial charge in [0, 0.05) is 18.5 Å². The van der Waals surface area contributed by atoms with Crippen molar-refractivity contribution >= 4 is 23.7 Å². The molecule has 1 saturated heterocycles. The Bertz CT molecular complexity index is 976. The van der Waals surface area contributed by atoms with Gasteiger partial charge in [0.15, 0.2) is 0 Å². The van der Waals surface area contributed by atoms with E-state index in [1.165, 1.54) is 7.11 Å². The summed E-state index contributed by atoms with van der Waals surface area (Å²) in [4.78, 5) is 35.0. The van der Waals surface area contributed by atoms with Gasteiger partial charge in [0.2, 0.25) is 5.91 Å². The van der Waals surface area contributed by atoms with E-state index < -0.39 is 28.4 Å². The van der Waals surface area contributed by atoms with Crippen LogP contribution in [0.15, 0.2) is 47.6 Å². The Morgan fingerprint density at radius 1 is 1.34 bits per heavy atom. The summed E-state index contributed by atoms with van der Waals surface area (Å²) in [5.41, 5.74) is 2.58. The van der Waals surface area contributed by atoms with Crippen molar-refractivity contribution in [2.24, 2.45) is 11.0 Å². The van der Waals surface area contributed by atoms with Gasteiger partial charge in [0.1, 0.15) is 11.7 Å². The number of nitrogens with one attached hydrogen (secondary N) is 2. The van der Waals surface area contributed by atoms with Crippen LogP contribution in [0.25, 0.3) is 0 Å². The maximum absolute atomic E-state index is 12.5. The first-order valence-corrected chi connectivity index (χ1v) is 8.61. The topological polar surface area (TPSA) is 146 Å².